The maximum atomic E-state index is 4.42. The van der Waals surface area contributed by atoms with E-state index in [0.29, 0.717) is 6.04 Å². The molecule has 3 heterocycles. The van der Waals surface area contributed by atoms with Crippen LogP contribution in [0.1, 0.15) is 12.1 Å². The van der Waals surface area contributed by atoms with Crippen LogP contribution in [0.4, 0.5) is 17.5 Å². The zero-order valence-electron chi connectivity index (χ0n) is 14.1. The normalized spacial score (nSPS) is 17.4. The Morgan fingerprint density at radius 2 is 1.87 bits per heavy atom. The summed E-state index contributed by atoms with van der Waals surface area (Å²) in [5.41, 5.74) is 0.943. The van der Waals surface area contributed by atoms with Crippen molar-refractivity contribution >= 4 is 17.5 Å². The molecule has 0 aliphatic carbocycles. The first-order valence-corrected chi connectivity index (χ1v) is 7.82. The number of aryl methyl sites for hydroxylation is 1. The Bertz CT molecular complexity index is 656. The Kier molecular flexibility index (Phi) is 4.27. The van der Waals surface area contributed by atoms with Crippen LogP contribution in [0.25, 0.3) is 0 Å². The molecule has 0 amide bonds. The van der Waals surface area contributed by atoms with E-state index in [1.807, 2.05) is 44.1 Å². The zero-order valence-corrected chi connectivity index (χ0v) is 14.1. The summed E-state index contributed by atoms with van der Waals surface area (Å²) >= 11 is 0. The van der Waals surface area contributed by atoms with Gasteiger partial charge < -0.3 is 14.7 Å². The Hall–Kier alpha value is -2.44. The van der Waals surface area contributed by atoms with Crippen molar-refractivity contribution in [2.24, 2.45) is 0 Å². The second-order valence-corrected chi connectivity index (χ2v) is 6.16. The highest BCUT2D eigenvalue weighted by Gasteiger charge is 2.27. The molecule has 7 nitrogen and oxygen atoms in total. The molecule has 7 heteroatoms. The highest BCUT2D eigenvalue weighted by atomic mass is 15.3. The van der Waals surface area contributed by atoms with Crippen LogP contribution in [-0.2, 0) is 0 Å². The molecular weight excluding hydrogens is 290 g/mol. The lowest BCUT2D eigenvalue weighted by Crippen LogP contribution is -2.35. The van der Waals surface area contributed by atoms with Crippen LogP contribution in [0, 0.1) is 6.92 Å². The van der Waals surface area contributed by atoms with Gasteiger partial charge >= 0.3 is 0 Å². The number of nitrogens with zero attached hydrogens (tertiary/aromatic N) is 7. The van der Waals surface area contributed by atoms with E-state index in [4.69, 9.17) is 0 Å². The predicted octanol–water partition coefficient (Wildman–Crippen LogP) is 1.36. The van der Waals surface area contributed by atoms with Crippen LogP contribution in [-0.4, -0.2) is 60.4 Å². The monoisotopic (exact) mass is 313 g/mol. The number of hydrogen-bond acceptors (Lipinski definition) is 7. The summed E-state index contributed by atoms with van der Waals surface area (Å²) in [5.74, 6) is 2.81. The fourth-order valence-corrected chi connectivity index (χ4v) is 2.79. The molecule has 3 rings (SSSR count). The molecule has 122 valence electrons. The van der Waals surface area contributed by atoms with Crippen LogP contribution in [0.15, 0.2) is 24.5 Å². The Labute approximate surface area is 137 Å². The smallest absolute Gasteiger partial charge is 0.151 e. The summed E-state index contributed by atoms with van der Waals surface area (Å²) in [5, 5.41) is 8.44. The fraction of sp³-hybridized carbons (Fsp3) is 0.500. The number of likely N-dealkylation sites (N-methyl/N-ethyl adjacent to an activating group) is 1. The van der Waals surface area contributed by atoms with Crippen molar-refractivity contribution in [3.8, 4) is 0 Å². The minimum atomic E-state index is 0.406. The van der Waals surface area contributed by atoms with Crippen molar-refractivity contribution in [2.45, 2.75) is 19.4 Å². The number of hydrogen-bond donors (Lipinski definition) is 0. The number of anilines is 3. The van der Waals surface area contributed by atoms with Gasteiger partial charge in [0.25, 0.3) is 0 Å². The topological polar surface area (TPSA) is 61.3 Å². The molecule has 1 atom stereocenters. The van der Waals surface area contributed by atoms with E-state index in [-0.39, 0.29) is 0 Å². The van der Waals surface area contributed by atoms with Crippen LogP contribution in [0.5, 0.6) is 0 Å². The van der Waals surface area contributed by atoms with E-state index in [2.05, 4.69) is 37.0 Å². The average molecular weight is 313 g/mol. The average Bonchev–Trinajstić information content (AvgIpc) is 3.05. The summed E-state index contributed by atoms with van der Waals surface area (Å²) in [7, 11) is 6.07. The lowest BCUT2D eigenvalue weighted by atomic mass is 10.2. The maximum absolute atomic E-state index is 4.42. The molecule has 1 saturated heterocycles. The second kappa shape index (κ2) is 6.36. The standard InChI is InChI=1S/C16H23N7/c1-12-5-6-14(20-19-12)23-8-7-13(10-23)22(4)16-9-15(21(2)3)17-11-18-16/h5-6,9,11,13H,7-8,10H2,1-4H3. The van der Waals surface area contributed by atoms with E-state index < -0.39 is 0 Å². The molecule has 0 saturated carbocycles. The lowest BCUT2D eigenvalue weighted by molar-refractivity contribution is 0.682. The van der Waals surface area contributed by atoms with Crippen molar-refractivity contribution in [3.05, 3.63) is 30.2 Å². The van der Waals surface area contributed by atoms with Gasteiger partial charge in [-0.1, -0.05) is 0 Å². The lowest BCUT2D eigenvalue weighted by Gasteiger charge is -2.26. The first-order chi connectivity index (χ1) is 11.0. The van der Waals surface area contributed by atoms with Crippen molar-refractivity contribution < 1.29 is 0 Å². The second-order valence-electron chi connectivity index (χ2n) is 6.16. The summed E-state index contributed by atoms with van der Waals surface area (Å²) in [6.45, 7) is 3.86. The first kappa shape index (κ1) is 15.5. The van der Waals surface area contributed by atoms with Crippen molar-refractivity contribution in [3.63, 3.8) is 0 Å². The fourth-order valence-electron chi connectivity index (χ4n) is 2.79. The van der Waals surface area contributed by atoms with Crippen LogP contribution in [0.2, 0.25) is 0 Å². The van der Waals surface area contributed by atoms with E-state index in [1.165, 1.54) is 0 Å². The Balaban J connectivity index is 1.71. The molecule has 0 aromatic carbocycles. The van der Waals surface area contributed by atoms with Gasteiger partial charge in [-0.15, -0.1) is 5.10 Å². The van der Waals surface area contributed by atoms with E-state index in [9.17, 15) is 0 Å². The SMILES string of the molecule is Cc1ccc(N2CCC(N(C)c3cc(N(C)C)ncn3)C2)nn1. The third-order valence-corrected chi connectivity index (χ3v) is 4.28. The van der Waals surface area contributed by atoms with Gasteiger partial charge in [-0.3, -0.25) is 0 Å². The maximum Gasteiger partial charge on any atom is 0.151 e. The summed E-state index contributed by atoms with van der Waals surface area (Å²) < 4.78 is 0. The van der Waals surface area contributed by atoms with Gasteiger partial charge in [0.2, 0.25) is 0 Å². The van der Waals surface area contributed by atoms with E-state index in [0.717, 1.165) is 42.7 Å². The largest absolute Gasteiger partial charge is 0.363 e. The van der Waals surface area contributed by atoms with Crippen LogP contribution >= 0.6 is 0 Å². The number of rotatable bonds is 4. The van der Waals surface area contributed by atoms with Gasteiger partial charge in [0.1, 0.15) is 18.0 Å². The Morgan fingerprint density at radius 1 is 1.09 bits per heavy atom. The zero-order chi connectivity index (χ0) is 16.4. The first-order valence-electron chi connectivity index (χ1n) is 7.82. The minimum absolute atomic E-state index is 0.406. The molecule has 1 unspecified atom stereocenters. The molecule has 2 aromatic heterocycles. The quantitative estimate of drug-likeness (QED) is 0.844. The molecule has 2 aromatic rings. The van der Waals surface area contributed by atoms with Crippen LogP contribution < -0.4 is 14.7 Å². The van der Waals surface area contributed by atoms with Gasteiger partial charge in [0.05, 0.1) is 5.69 Å². The van der Waals surface area contributed by atoms with Crippen LogP contribution in [0.3, 0.4) is 0 Å². The van der Waals surface area contributed by atoms with Gasteiger partial charge in [0, 0.05) is 46.3 Å². The van der Waals surface area contributed by atoms with Gasteiger partial charge in [-0.2, -0.15) is 5.10 Å². The molecule has 0 N–H and O–H groups in total. The number of aromatic nitrogens is 4. The third kappa shape index (κ3) is 3.33. The molecular formula is C16H23N7. The van der Waals surface area contributed by atoms with Crippen molar-refractivity contribution in [1.29, 1.82) is 0 Å². The molecule has 23 heavy (non-hydrogen) atoms. The van der Waals surface area contributed by atoms with E-state index >= 15 is 0 Å². The van der Waals surface area contributed by atoms with Gasteiger partial charge in [-0.25, -0.2) is 9.97 Å². The van der Waals surface area contributed by atoms with Gasteiger partial charge in [-0.05, 0) is 25.5 Å². The van der Waals surface area contributed by atoms with Gasteiger partial charge in [0.15, 0.2) is 5.82 Å². The highest BCUT2D eigenvalue weighted by Crippen LogP contribution is 2.24. The molecule has 0 bridgehead atoms. The highest BCUT2D eigenvalue weighted by molar-refractivity contribution is 5.50. The third-order valence-electron chi connectivity index (χ3n) is 4.28. The molecule has 0 radical (unpaired) electrons. The van der Waals surface area contributed by atoms with Crippen molar-refractivity contribution in [1.82, 2.24) is 20.2 Å². The molecule has 1 aliphatic rings. The summed E-state index contributed by atoms with van der Waals surface area (Å²) in [4.78, 5) is 15.2. The van der Waals surface area contributed by atoms with Crippen molar-refractivity contribution in [2.75, 3.05) is 48.9 Å². The minimum Gasteiger partial charge on any atom is -0.363 e. The summed E-state index contributed by atoms with van der Waals surface area (Å²) in [6.07, 6.45) is 2.70. The molecule has 1 aliphatic heterocycles. The Morgan fingerprint density at radius 3 is 2.57 bits per heavy atom. The predicted molar refractivity (Wildman–Crippen MR) is 92.1 cm³/mol. The molecule has 1 fully saturated rings. The van der Waals surface area contributed by atoms with E-state index in [1.54, 1.807) is 6.33 Å². The summed E-state index contributed by atoms with van der Waals surface area (Å²) in [6, 6.07) is 6.48. The molecule has 0 spiro atoms.